The summed E-state index contributed by atoms with van der Waals surface area (Å²) in [5, 5.41) is 6.16. The number of carbonyl (C=O) groups is 1. The Bertz CT molecular complexity index is 786. The van der Waals surface area contributed by atoms with E-state index in [1.165, 1.54) is 31.2 Å². The summed E-state index contributed by atoms with van der Waals surface area (Å²) in [7, 11) is -3.84. The number of halogens is 1. The molecule has 112 valence electrons. The normalized spacial score (nSPS) is 11.2. The Kier molecular flexibility index (Phi) is 4.19. The smallest absolute Gasteiger partial charge is 0.263 e. The highest BCUT2D eigenvalue weighted by Crippen LogP contribution is 2.26. The molecule has 0 saturated heterocycles. The molecule has 7 nitrogen and oxygen atoms in total. The van der Waals surface area contributed by atoms with Gasteiger partial charge in [-0.15, -0.1) is 0 Å². The van der Waals surface area contributed by atoms with Gasteiger partial charge in [0.15, 0.2) is 5.82 Å². The Balaban J connectivity index is 2.28. The number of carbonyl (C=O) groups excluding carboxylic acids is 1. The molecule has 1 aromatic heterocycles. The van der Waals surface area contributed by atoms with Gasteiger partial charge < -0.3 is 9.84 Å². The number of aromatic nitrogens is 1. The molecule has 21 heavy (non-hydrogen) atoms. The van der Waals surface area contributed by atoms with E-state index in [0.29, 0.717) is 11.4 Å². The lowest BCUT2D eigenvalue weighted by Crippen LogP contribution is -2.13. The number of benzene rings is 1. The van der Waals surface area contributed by atoms with Crippen molar-refractivity contribution in [3.63, 3.8) is 0 Å². The molecular formula is C12H12ClN3O4S. The Labute approximate surface area is 126 Å². The van der Waals surface area contributed by atoms with Crippen molar-refractivity contribution in [2.45, 2.75) is 18.7 Å². The molecule has 0 radical (unpaired) electrons. The molecule has 0 saturated carbocycles. The van der Waals surface area contributed by atoms with Gasteiger partial charge in [0.2, 0.25) is 5.91 Å². The number of nitrogens with zero attached hydrogens (tertiary/aromatic N) is 1. The maximum Gasteiger partial charge on any atom is 0.263 e. The molecule has 9 heteroatoms. The second kappa shape index (κ2) is 5.74. The average molecular weight is 330 g/mol. The predicted molar refractivity (Wildman–Crippen MR) is 77.8 cm³/mol. The fourth-order valence-electron chi connectivity index (χ4n) is 1.57. The molecule has 2 aromatic rings. The molecule has 0 aliphatic heterocycles. The van der Waals surface area contributed by atoms with Crippen molar-refractivity contribution in [2.24, 2.45) is 0 Å². The predicted octanol–water partition coefficient (Wildman–Crippen LogP) is 2.40. The van der Waals surface area contributed by atoms with E-state index in [1.807, 2.05) is 0 Å². The van der Waals surface area contributed by atoms with Crippen LogP contribution in [-0.4, -0.2) is 19.5 Å². The number of hydrogen-bond donors (Lipinski definition) is 2. The van der Waals surface area contributed by atoms with Gasteiger partial charge in [0.1, 0.15) is 5.76 Å². The molecule has 0 bridgehead atoms. The highest BCUT2D eigenvalue weighted by molar-refractivity contribution is 7.92. The summed E-state index contributed by atoms with van der Waals surface area (Å²) < 4.78 is 31.4. The minimum atomic E-state index is -3.84. The van der Waals surface area contributed by atoms with Gasteiger partial charge in [-0.05, 0) is 25.1 Å². The van der Waals surface area contributed by atoms with E-state index in [1.54, 1.807) is 6.92 Å². The number of sulfonamides is 1. The van der Waals surface area contributed by atoms with Gasteiger partial charge in [-0.25, -0.2) is 8.42 Å². The van der Waals surface area contributed by atoms with Crippen LogP contribution in [0.4, 0.5) is 11.5 Å². The second-order valence-corrected chi connectivity index (χ2v) is 6.34. The van der Waals surface area contributed by atoms with Crippen LogP contribution in [0.1, 0.15) is 12.7 Å². The molecule has 0 aliphatic carbocycles. The zero-order valence-electron chi connectivity index (χ0n) is 11.2. The summed E-state index contributed by atoms with van der Waals surface area (Å²) in [4.78, 5) is 10.9. The first-order valence-corrected chi connectivity index (χ1v) is 7.67. The van der Waals surface area contributed by atoms with Crippen LogP contribution in [0.3, 0.4) is 0 Å². The molecule has 1 aromatic carbocycles. The first-order valence-electron chi connectivity index (χ1n) is 5.81. The Morgan fingerprint density at radius 2 is 2.05 bits per heavy atom. The topological polar surface area (TPSA) is 101 Å². The van der Waals surface area contributed by atoms with Crippen LogP contribution in [0.2, 0.25) is 5.02 Å². The molecule has 0 unspecified atom stereocenters. The van der Waals surface area contributed by atoms with E-state index >= 15 is 0 Å². The van der Waals surface area contributed by atoms with E-state index in [4.69, 9.17) is 16.1 Å². The highest BCUT2D eigenvalue weighted by atomic mass is 35.5. The fourth-order valence-corrected chi connectivity index (χ4v) is 2.87. The van der Waals surface area contributed by atoms with Crippen molar-refractivity contribution in [1.82, 2.24) is 5.16 Å². The van der Waals surface area contributed by atoms with E-state index < -0.39 is 10.0 Å². The summed E-state index contributed by atoms with van der Waals surface area (Å²) in [6, 6.07) is 5.42. The number of nitrogens with one attached hydrogen (secondary N) is 2. The zero-order valence-corrected chi connectivity index (χ0v) is 12.7. The molecule has 0 spiro atoms. The van der Waals surface area contributed by atoms with Gasteiger partial charge in [-0.1, -0.05) is 16.8 Å². The highest BCUT2D eigenvalue weighted by Gasteiger charge is 2.18. The van der Waals surface area contributed by atoms with Crippen molar-refractivity contribution >= 4 is 39.0 Å². The standard InChI is InChI=1S/C12H12ClN3O4S/c1-7-5-12(15-20-7)16-21(18,19)9-3-4-11(10(13)6-9)14-8(2)17/h3-6H,1-2H3,(H,14,17)(H,15,16). The van der Waals surface area contributed by atoms with Gasteiger partial charge in [-0.3, -0.25) is 9.52 Å². The number of amides is 1. The van der Waals surface area contributed by atoms with Gasteiger partial charge >= 0.3 is 0 Å². The van der Waals surface area contributed by atoms with Crippen LogP contribution < -0.4 is 10.0 Å². The van der Waals surface area contributed by atoms with Crippen molar-refractivity contribution in [2.75, 3.05) is 10.0 Å². The van der Waals surface area contributed by atoms with Crippen LogP contribution in [-0.2, 0) is 14.8 Å². The van der Waals surface area contributed by atoms with Crippen LogP contribution in [0.15, 0.2) is 33.7 Å². The third-order valence-electron chi connectivity index (χ3n) is 2.43. The van der Waals surface area contributed by atoms with E-state index in [9.17, 15) is 13.2 Å². The molecule has 1 heterocycles. The Hall–Kier alpha value is -2.06. The Morgan fingerprint density at radius 3 is 2.57 bits per heavy atom. The van der Waals surface area contributed by atoms with E-state index in [-0.39, 0.29) is 21.6 Å². The van der Waals surface area contributed by atoms with Crippen molar-refractivity contribution in [3.8, 4) is 0 Å². The minimum absolute atomic E-state index is 0.0535. The maximum atomic E-state index is 12.2. The third-order valence-corrected chi connectivity index (χ3v) is 4.09. The van der Waals surface area contributed by atoms with Crippen molar-refractivity contribution in [1.29, 1.82) is 0 Å². The maximum absolute atomic E-state index is 12.2. The number of anilines is 2. The number of hydrogen-bond acceptors (Lipinski definition) is 5. The molecule has 0 atom stereocenters. The SMILES string of the molecule is CC(=O)Nc1ccc(S(=O)(=O)Nc2cc(C)on2)cc1Cl. The van der Waals surface area contributed by atoms with Crippen molar-refractivity contribution in [3.05, 3.63) is 35.0 Å². The number of aryl methyl sites for hydroxylation is 1. The molecule has 1 amide bonds. The lowest BCUT2D eigenvalue weighted by Gasteiger charge is -2.08. The monoisotopic (exact) mass is 329 g/mol. The van der Waals surface area contributed by atoms with Crippen molar-refractivity contribution < 1.29 is 17.7 Å². The van der Waals surface area contributed by atoms with Gasteiger partial charge in [0.05, 0.1) is 15.6 Å². The summed E-state index contributed by atoms with van der Waals surface area (Å²) in [6.07, 6.45) is 0. The summed E-state index contributed by atoms with van der Waals surface area (Å²) in [5.41, 5.74) is 0.334. The molecule has 0 aliphatic rings. The van der Waals surface area contributed by atoms with Crippen LogP contribution >= 0.6 is 11.6 Å². The number of rotatable bonds is 4. The second-order valence-electron chi connectivity index (χ2n) is 4.25. The minimum Gasteiger partial charge on any atom is -0.360 e. The third kappa shape index (κ3) is 3.73. The summed E-state index contributed by atoms with van der Waals surface area (Å²) in [6.45, 7) is 2.97. The molecule has 2 N–H and O–H groups in total. The van der Waals surface area contributed by atoms with Gasteiger partial charge in [-0.2, -0.15) is 0 Å². The largest absolute Gasteiger partial charge is 0.360 e. The first-order chi connectivity index (χ1) is 9.78. The molecule has 0 fully saturated rings. The van der Waals surface area contributed by atoms with E-state index in [0.717, 1.165) is 0 Å². The summed E-state index contributed by atoms with van der Waals surface area (Å²) >= 11 is 5.95. The Morgan fingerprint density at radius 1 is 1.33 bits per heavy atom. The van der Waals surface area contributed by atoms with E-state index in [2.05, 4.69) is 15.2 Å². The molecule has 2 rings (SSSR count). The average Bonchev–Trinajstić information content (AvgIpc) is 2.76. The van der Waals surface area contributed by atoms with Gasteiger partial charge in [0.25, 0.3) is 10.0 Å². The first kappa shape index (κ1) is 15.3. The zero-order chi connectivity index (χ0) is 15.6. The van der Waals surface area contributed by atoms with Crippen LogP contribution in [0.5, 0.6) is 0 Å². The quantitative estimate of drug-likeness (QED) is 0.896. The summed E-state index contributed by atoms with van der Waals surface area (Å²) in [5.74, 6) is 0.255. The molecular weight excluding hydrogens is 318 g/mol. The lowest BCUT2D eigenvalue weighted by atomic mass is 10.3. The van der Waals surface area contributed by atoms with Crippen LogP contribution in [0.25, 0.3) is 0 Å². The lowest BCUT2D eigenvalue weighted by molar-refractivity contribution is -0.114. The van der Waals surface area contributed by atoms with Gasteiger partial charge in [0, 0.05) is 13.0 Å². The van der Waals surface area contributed by atoms with Crippen LogP contribution in [0, 0.1) is 6.92 Å². The fraction of sp³-hybridized carbons (Fsp3) is 0.167.